The first-order valence-electron chi connectivity index (χ1n) is 5.31. The number of ether oxygens (including phenoxy) is 1. The summed E-state index contributed by atoms with van der Waals surface area (Å²) in [5, 5.41) is 0. The van der Waals surface area contributed by atoms with Crippen LogP contribution >= 0.6 is 0 Å². The minimum atomic E-state index is -0.688. The number of rotatable bonds is 3. The van der Waals surface area contributed by atoms with Crippen LogP contribution in [0.5, 0.6) is 0 Å². The molecule has 15 heavy (non-hydrogen) atoms. The first kappa shape index (κ1) is 10.4. The van der Waals surface area contributed by atoms with Gasteiger partial charge >= 0.3 is 5.97 Å². The standard InChI is InChI=1S/C12H15O3/c1-3-15-11(14)12-5-8(2)9(6-12)4-10(12)7-13/h4-5,7,9-10H,3,6H2,1-2H3. The van der Waals surface area contributed by atoms with Gasteiger partial charge in [0.15, 0.2) is 0 Å². The Morgan fingerprint density at radius 3 is 3.00 bits per heavy atom. The predicted octanol–water partition coefficient (Wildman–Crippen LogP) is 1.54. The minimum absolute atomic E-state index is 0.252. The van der Waals surface area contributed by atoms with Gasteiger partial charge in [0.25, 0.3) is 0 Å². The van der Waals surface area contributed by atoms with Crippen molar-refractivity contribution >= 4 is 12.3 Å². The van der Waals surface area contributed by atoms with Crippen LogP contribution in [0, 0.1) is 23.7 Å². The monoisotopic (exact) mass is 207 g/mol. The molecule has 0 aliphatic heterocycles. The fraction of sp³-hybridized carbons (Fsp3) is 0.583. The first-order valence-corrected chi connectivity index (χ1v) is 5.31. The molecular formula is C12H15O3. The van der Waals surface area contributed by atoms with E-state index in [-0.39, 0.29) is 17.8 Å². The Morgan fingerprint density at radius 2 is 2.47 bits per heavy atom. The molecule has 0 aromatic carbocycles. The summed E-state index contributed by atoms with van der Waals surface area (Å²) in [6.45, 7) is 4.15. The molecule has 3 nitrogen and oxygen atoms in total. The number of carbonyl (C=O) groups is 2. The Kier molecular flexibility index (Phi) is 2.41. The minimum Gasteiger partial charge on any atom is -0.465 e. The molecule has 81 valence electrons. The lowest BCUT2D eigenvalue weighted by molar-refractivity contribution is -0.154. The molecule has 3 unspecified atom stereocenters. The Hall–Kier alpha value is -1.12. The first-order chi connectivity index (χ1) is 7.14. The Balaban J connectivity index is 2.31. The summed E-state index contributed by atoms with van der Waals surface area (Å²) >= 11 is 0. The van der Waals surface area contributed by atoms with Crippen molar-refractivity contribution in [1.29, 1.82) is 0 Å². The molecule has 1 saturated carbocycles. The van der Waals surface area contributed by atoms with Gasteiger partial charge in [0.05, 0.1) is 12.0 Å². The van der Waals surface area contributed by atoms with E-state index in [4.69, 9.17) is 4.74 Å². The zero-order chi connectivity index (χ0) is 11.1. The average Bonchev–Trinajstić information content (AvgIpc) is 2.73. The van der Waals surface area contributed by atoms with Gasteiger partial charge in [-0.2, -0.15) is 0 Å². The van der Waals surface area contributed by atoms with Gasteiger partial charge in [-0.3, -0.25) is 4.79 Å². The van der Waals surface area contributed by atoms with Crippen molar-refractivity contribution in [2.75, 3.05) is 6.61 Å². The Labute approximate surface area is 89.5 Å². The van der Waals surface area contributed by atoms with E-state index in [1.54, 1.807) is 6.92 Å². The van der Waals surface area contributed by atoms with Gasteiger partial charge in [-0.25, -0.2) is 0 Å². The van der Waals surface area contributed by atoms with Gasteiger partial charge in [-0.05, 0) is 32.6 Å². The van der Waals surface area contributed by atoms with Crippen LogP contribution in [0.15, 0.2) is 11.6 Å². The molecule has 3 atom stereocenters. The fourth-order valence-electron chi connectivity index (χ4n) is 2.68. The van der Waals surface area contributed by atoms with Crippen molar-refractivity contribution in [2.45, 2.75) is 20.3 Å². The molecule has 2 aliphatic rings. The van der Waals surface area contributed by atoms with Crippen LogP contribution < -0.4 is 0 Å². The molecule has 0 spiro atoms. The van der Waals surface area contributed by atoms with Crippen LogP contribution in [0.2, 0.25) is 0 Å². The molecule has 2 aliphatic carbocycles. The third-order valence-electron chi connectivity index (χ3n) is 3.46. The molecule has 0 aromatic rings. The van der Waals surface area contributed by atoms with Crippen LogP contribution in [0.1, 0.15) is 20.3 Å². The van der Waals surface area contributed by atoms with Crippen molar-refractivity contribution < 1.29 is 14.3 Å². The molecule has 1 radical (unpaired) electrons. The maximum absolute atomic E-state index is 11.9. The third kappa shape index (κ3) is 1.33. The van der Waals surface area contributed by atoms with Crippen molar-refractivity contribution in [1.82, 2.24) is 0 Å². The summed E-state index contributed by atoms with van der Waals surface area (Å²) in [5.41, 5.74) is 0.494. The molecule has 0 amide bonds. The Morgan fingerprint density at radius 1 is 1.73 bits per heavy atom. The zero-order valence-corrected chi connectivity index (χ0v) is 9.03. The number of esters is 1. The van der Waals surface area contributed by atoms with Crippen LogP contribution in [0.3, 0.4) is 0 Å². The van der Waals surface area contributed by atoms with Gasteiger partial charge in [-0.15, -0.1) is 0 Å². The molecule has 1 fully saturated rings. The molecular weight excluding hydrogens is 192 g/mol. The van der Waals surface area contributed by atoms with E-state index >= 15 is 0 Å². The van der Waals surface area contributed by atoms with Gasteiger partial charge in [-0.1, -0.05) is 11.6 Å². The van der Waals surface area contributed by atoms with E-state index in [2.05, 4.69) is 0 Å². The van der Waals surface area contributed by atoms with Crippen LogP contribution in [0.4, 0.5) is 0 Å². The van der Waals surface area contributed by atoms with Crippen molar-refractivity contribution in [2.24, 2.45) is 17.3 Å². The molecule has 2 bridgehead atoms. The van der Waals surface area contributed by atoms with E-state index in [0.717, 1.165) is 6.29 Å². The lowest BCUT2D eigenvalue weighted by atomic mass is 9.78. The topological polar surface area (TPSA) is 43.4 Å². The summed E-state index contributed by atoms with van der Waals surface area (Å²) < 4.78 is 5.06. The fourth-order valence-corrected chi connectivity index (χ4v) is 2.68. The summed E-state index contributed by atoms with van der Waals surface area (Å²) in [7, 11) is 0. The number of hydrogen-bond donors (Lipinski definition) is 0. The van der Waals surface area contributed by atoms with Crippen molar-refractivity contribution in [3.63, 3.8) is 0 Å². The normalized spacial score (nSPS) is 37.6. The van der Waals surface area contributed by atoms with E-state index in [1.807, 2.05) is 19.4 Å². The van der Waals surface area contributed by atoms with E-state index in [1.165, 1.54) is 5.57 Å². The summed E-state index contributed by atoms with van der Waals surface area (Å²) in [4.78, 5) is 22.8. The number of allylic oxidation sites excluding steroid dienone is 1. The highest BCUT2D eigenvalue weighted by atomic mass is 16.5. The van der Waals surface area contributed by atoms with E-state index in [9.17, 15) is 9.59 Å². The van der Waals surface area contributed by atoms with Gasteiger partial charge in [0, 0.05) is 5.92 Å². The van der Waals surface area contributed by atoms with Crippen molar-refractivity contribution in [3.8, 4) is 0 Å². The third-order valence-corrected chi connectivity index (χ3v) is 3.46. The van der Waals surface area contributed by atoms with Gasteiger partial charge < -0.3 is 9.53 Å². The lowest BCUT2D eigenvalue weighted by Gasteiger charge is -2.26. The molecule has 0 heterocycles. The number of fused-ring (bicyclic) bond motifs is 2. The van der Waals surface area contributed by atoms with Gasteiger partial charge in [0.1, 0.15) is 6.29 Å². The van der Waals surface area contributed by atoms with Gasteiger partial charge in [0.2, 0.25) is 0 Å². The number of hydrogen-bond acceptors (Lipinski definition) is 3. The highest BCUT2D eigenvalue weighted by molar-refractivity contribution is 5.86. The maximum atomic E-state index is 11.9. The van der Waals surface area contributed by atoms with E-state index < -0.39 is 5.41 Å². The average molecular weight is 207 g/mol. The zero-order valence-electron chi connectivity index (χ0n) is 9.03. The second kappa shape index (κ2) is 3.47. The molecule has 3 heteroatoms. The van der Waals surface area contributed by atoms with Crippen molar-refractivity contribution in [3.05, 3.63) is 18.1 Å². The second-order valence-corrected chi connectivity index (χ2v) is 4.31. The maximum Gasteiger partial charge on any atom is 0.316 e. The smallest absolute Gasteiger partial charge is 0.316 e. The molecule has 2 rings (SSSR count). The largest absolute Gasteiger partial charge is 0.465 e. The molecule has 0 saturated heterocycles. The summed E-state index contributed by atoms with van der Waals surface area (Å²) in [5.74, 6) is -0.271. The Bertz CT molecular complexity index is 332. The quantitative estimate of drug-likeness (QED) is 0.400. The summed E-state index contributed by atoms with van der Waals surface area (Å²) in [6, 6.07) is 0. The lowest BCUT2D eigenvalue weighted by Crippen LogP contribution is -2.35. The predicted molar refractivity (Wildman–Crippen MR) is 54.8 cm³/mol. The SMILES string of the molecule is CCOC(=O)C12C=C(C)C([CH]C1C=O)C2. The highest BCUT2D eigenvalue weighted by Gasteiger charge is 2.56. The number of aldehydes is 1. The highest BCUT2D eigenvalue weighted by Crippen LogP contribution is 2.55. The number of carbonyl (C=O) groups excluding carboxylic acids is 2. The molecule has 0 aromatic heterocycles. The second-order valence-electron chi connectivity index (χ2n) is 4.31. The van der Waals surface area contributed by atoms with Crippen LogP contribution in [-0.2, 0) is 14.3 Å². The van der Waals surface area contributed by atoms with Crippen LogP contribution in [0.25, 0.3) is 0 Å². The van der Waals surface area contributed by atoms with E-state index in [0.29, 0.717) is 13.0 Å². The summed E-state index contributed by atoms with van der Waals surface area (Å²) in [6.07, 6.45) is 5.47. The molecule has 0 N–H and O–H groups in total. The van der Waals surface area contributed by atoms with Crippen LogP contribution in [-0.4, -0.2) is 18.9 Å².